The lowest BCUT2D eigenvalue weighted by atomic mass is 9.84. The minimum Gasteiger partial charge on any atom is -0.437 e. The highest BCUT2D eigenvalue weighted by Gasteiger charge is 2.29. The van der Waals surface area contributed by atoms with Crippen molar-refractivity contribution in [2.24, 2.45) is 7.05 Å². The molecule has 0 atom stereocenters. The van der Waals surface area contributed by atoms with E-state index in [9.17, 15) is 0 Å². The number of rotatable bonds is 6. The van der Waals surface area contributed by atoms with E-state index in [4.69, 9.17) is 26.3 Å². The molecule has 33 heavy (non-hydrogen) atoms. The molecule has 0 bridgehead atoms. The van der Waals surface area contributed by atoms with Gasteiger partial charge < -0.3 is 4.74 Å². The predicted molar refractivity (Wildman–Crippen MR) is 135 cm³/mol. The number of halogens is 1. The number of para-hydroxylation sites is 1. The van der Waals surface area contributed by atoms with Gasteiger partial charge >= 0.3 is 0 Å². The molecule has 0 aliphatic carbocycles. The molecule has 1 N–H and O–H groups in total. The van der Waals surface area contributed by atoms with Gasteiger partial charge in [0, 0.05) is 24.4 Å². The van der Waals surface area contributed by atoms with Crippen molar-refractivity contribution in [2.75, 3.05) is 4.72 Å². The van der Waals surface area contributed by atoms with Gasteiger partial charge in [-0.3, -0.25) is 9.40 Å². The van der Waals surface area contributed by atoms with Crippen LogP contribution >= 0.6 is 23.5 Å². The summed E-state index contributed by atoms with van der Waals surface area (Å²) in [4.78, 5) is 10.6. The molecule has 0 aliphatic rings. The van der Waals surface area contributed by atoms with E-state index in [1.165, 1.54) is 11.9 Å². The van der Waals surface area contributed by atoms with Crippen molar-refractivity contribution in [3.63, 3.8) is 0 Å². The largest absolute Gasteiger partial charge is 0.437 e. The first-order valence-electron chi connectivity index (χ1n) is 10.5. The average molecular weight is 480 g/mol. The van der Waals surface area contributed by atoms with Crippen molar-refractivity contribution in [3.8, 4) is 22.9 Å². The number of aromatic nitrogens is 4. The maximum atomic E-state index is 6.41. The maximum Gasteiger partial charge on any atom is 0.237 e. The Hall–Kier alpha value is -3.03. The van der Waals surface area contributed by atoms with E-state index in [-0.39, 0.29) is 5.41 Å². The Kier molecular flexibility index (Phi) is 6.63. The van der Waals surface area contributed by atoms with Crippen LogP contribution in [0.5, 0.6) is 11.6 Å². The van der Waals surface area contributed by atoms with Crippen molar-refractivity contribution >= 4 is 29.5 Å². The molecule has 0 saturated heterocycles. The van der Waals surface area contributed by atoms with Gasteiger partial charge in [-0.25, -0.2) is 4.98 Å². The molecule has 0 amide bonds. The summed E-state index contributed by atoms with van der Waals surface area (Å²) in [6.07, 6.45) is 3.70. The molecule has 2 heterocycles. The standard InChI is InChI=1S/C25H26ClN5OS/c1-16-10-6-7-11-18(16)22-21(25(2,3)4)23(32-20-13-9-8-12-19(20)26)29-24(28-22)30-33-17-14-27-31(5)15-17/h6-15H,1-5H3,(H,28,29,30). The lowest BCUT2D eigenvalue weighted by molar-refractivity contribution is 0.436. The highest BCUT2D eigenvalue weighted by Crippen LogP contribution is 2.42. The van der Waals surface area contributed by atoms with E-state index in [2.05, 4.69) is 49.6 Å². The molecule has 0 saturated carbocycles. The number of anilines is 1. The number of hydrogen-bond donors (Lipinski definition) is 1. The molecule has 2 aromatic carbocycles. The summed E-state index contributed by atoms with van der Waals surface area (Å²) < 4.78 is 11.3. The zero-order valence-electron chi connectivity index (χ0n) is 19.3. The first kappa shape index (κ1) is 23.1. The summed E-state index contributed by atoms with van der Waals surface area (Å²) in [6, 6.07) is 15.6. The van der Waals surface area contributed by atoms with Crippen LogP contribution in [0, 0.1) is 6.92 Å². The number of hydrogen-bond acceptors (Lipinski definition) is 6. The molecule has 4 rings (SSSR count). The molecule has 170 valence electrons. The van der Waals surface area contributed by atoms with E-state index in [1.54, 1.807) is 16.9 Å². The van der Waals surface area contributed by atoms with Gasteiger partial charge in [0.2, 0.25) is 11.8 Å². The normalized spacial score (nSPS) is 11.5. The SMILES string of the molecule is Cc1ccccc1-c1nc(NSc2cnn(C)c2)nc(Oc2ccccc2Cl)c1C(C)(C)C. The van der Waals surface area contributed by atoms with E-state index in [1.807, 2.05) is 43.6 Å². The molecule has 8 heteroatoms. The smallest absolute Gasteiger partial charge is 0.237 e. The molecule has 0 aliphatic heterocycles. The zero-order chi connectivity index (χ0) is 23.6. The minimum absolute atomic E-state index is 0.288. The van der Waals surface area contributed by atoms with E-state index < -0.39 is 0 Å². The van der Waals surface area contributed by atoms with Gasteiger partial charge in [-0.15, -0.1) is 0 Å². The van der Waals surface area contributed by atoms with E-state index in [0.717, 1.165) is 27.3 Å². The highest BCUT2D eigenvalue weighted by atomic mass is 35.5. The Balaban J connectivity index is 1.87. The van der Waals surface area contributed by atoms with Crippen molar-refractivity contribution in [2.45, 2.75) is 38.0 Å². The molecular weight excluding hydrogens is 454 g/mol. The van der Waals surface area contributed by atoms with Crippen LogP contribution < -0.4 is 9.46 Å². The number of benzene rings is 2. The van der Waals surface area contributed by atoms with Gasteiger partial charge in [0.05, 0.1) is 21.8 Å². The van der Waals surface area contributed by atoms with Gasteiger partial charge in [-0.05, 0) is 42.0 Å². The van der Waals surface area contributed by atoms with Crippen LogP contribution in [0.3, 0.4) is 0 Å². The minimum atomic E-state index is -0.288. The molecule has 0 spiro atoms. The molecule has 2 aromatic heterocycles. The Bertz CT molecular complexity index is 1280. The fraction of sp³-hybridized carbons (Fsp3) is 0.240. The molecular formula is C25H26ClN5OS. The van der Waals surface area contributed by atoms with Crippen molar-refractivity contribution in [1.29, 1.82) is 0 Å². The lowest BCUT2D eigenvalue weighted by Crippen LogP contribution is -2.17. The van der Waals surface area contributed by atoms with Crippen LogP contribution in [0.1, 0.15) is 31.9 Å². The third-order valence-corrected chi connectivity index (χ3v) is 6.05. The van der Waals surface area contributed by atoms with Gasteiger partial charge in [0.1, 0.15) is 5.75 Å². The van der Waals surface area contributed by atoms with Crippen molar-refractivity contribution in [3.05, 3.63) is 77.1 Å². The van der Waals surface area contributed by atoms with Crippen LogP contribution in [-0.2, 0) is 12.5 Å². The number of nitrogens with one attached hydrogen (secondary N) is 1. The van der Waals surface area contributed by atoms with Gasteiger partial charge in [0.25, 0.3) is 0 Å². The first-order chi connectivity index (χ1) is 15.7. The molecule has 6 nitrogen and oxygen atoms in total. The number of aryl methyl sites for hydroxylation is 2. The fourth-order valence-corrected chi connectivity index (χ4v) is 4.24. The van der Waals surface area contributed by atoms with E-state index >= 15 is 0 Å². The second kappa shape index (κ2) is 9.45. The summed E-state index contributed by atoms with van der Waals surface area (Å²) in [5, 5.41) is 4.73. The van der Waals surface area contributed by atoms with Crippen molar-refractivity contribution < 1.29 is 4.74 Å². The van der Waals surface area contributed by atoms with Gasteiger partial charge in [-0.2, -0.15) is 10.1 Å². The third kappa shape index (κ3) is 5.31. The lowest BCUT2D eigenvalue weighted by Gasteiger charge is -2.26. The van der Waals surface area contributed by atoms with Crippen molar-refractivity contribution in [1.82, 2.24) is 19.7 Å². The number of nitrogens with zero attached hydrogens (tertiary/aromatic N) is 4. The van der Waals surface area contributed by atoms with Crippen LogP contribution in [0.15, 0.2) is 65.8 Å². The molecule has 4 aromatic rings. The highest BCUT2D eigenvalue weighted by molar-refractivity contribution is 8.00. The monoisotopic (exact) mass is 479 g/mol. The first-order valence-corrected chi connectivity index (χ1v) is 11.7. The summed E-state index contributed by atoms with van der Waals surface area (Å²) in [5.74, 6) is 1.46. The Morgan fingerprint density at radius 1 is 1.03 bits per heavy atom. The second-order valence-corrected chi connectivity index (χ2v) is 10.0. The van der Waals surface area contributed by atoms with E-state index in [0.29, 0.717) is 22.6 Å². The van der Waals surface area contributed by atoms with Gasteiger partial charge in [-0.1, -0.05) is 68.8 Å². The second-order valence-electron chi connectivity index (χ2n) is 8.73. The topological polar surface area (TPSA) is 64.9 Å². The maximum absolute atomic E-state index is 6.41. The average Bonchev–Trinajstić information content (AvgIpc) is 3.18. The summed E-state index contributed by atoms with van der Waals surface area (Å²) in [6.45, 7) is 8.47. The van der Waals surface area contributed by atoms with Gasteiger partial charge in [0.15, 0.2) is 0 Å². The Morgan fingerprint density at radius 2 is 1.76 bits per heavy atom. The molecule has 0 radical (unpaired) electrons. The molecule has 0 unspecified atom stereocenters. The third-order valence-electron chi connectivity index (χ3n) is 5.01. The Morgan fingerprint density at radius 3 is 2.42 bits per heavy atom. The van der Waals surface area contributed by atoms with Crippen LogP contribution in [0.4, 0.5) is 5.95 Å². The van der Waals surface area contributed by atoms with Crippen LogP contribution in [-0.4, -0.2) is 19.7 Å². The fourth-order valence-electron chi connectivity index (χ4n) is 3.46. The predicted octanol–water partition coefficient (Wildman–Crippen LogP) is 7.05. The molecule has 0 fully saturated rings. The summed E-state index contributed by atoms with van der Waals surface area (Å²) in [5.41, 5.74) is 3.60. The van der Waals surface area contributed by atoms with Crippen LogP contribution in [0.2, 0.25) is 5.02 Å². The Labute approximate surface area is 203 Å². The van der Waals surface area contributed by atoms with Crippen LogP contribution in [0.25, 0.3) is 11.3 Å². The zero-order valence-corrected chi connectivity index (χ0v) is 20.8. The number of ether oxygens (including phenoxy) is 1. The quantitative estimate of drug-likeness (QED) is 0.299. The summed E-state index contributed by atoms with van der Waals surface area (Å²) in [7, 11) is 1.88. The summed E-state index contributed by atoms with van der Waals surface area (Å²) >= 11 is 7.80.